The molecule has 0 aromatic carbocycles. The number of hydrogen-bond acceptors (Lipinski definition) is 6. The SMILES string of the molecule is CC(=O)c1nc(C2CCCS2(=O)=O)no1. The average molecular weight is 230 g/mol. The summed E-state index contributed by atoms with van der Waals surface area (Å²) in [7, 11) is -3.15. The summed E-state index contributed by atoms with van der Waals surface area (Å²) in [5, 5.41) is 2.83. The Labute approximate surface area is 86.6 Å². The summed E-state index contributed by atoms with van der Waals surface area (Å²) in [6.45, 7) is 1.29. The minimum absolute atomic E-state index is 0.109. The van der Waals surface area contributed by atoms with Crippen molar-refractivity contribution in [3.05, 3.63) is 11.7 Å². The van der Waals surface area contributed by atoms with Crippen LogP contribution in [0.1, 0.15) is 41.5 Å². The van der Waals surface area contributed by atoms with Crippen LogP contribution in [0.15, 0.2) is 4.52 Å². The van der Waals surface area contributed by atoms with E-state index in [1.165, 1.54) is 6.92 Å². The Bertz CT molecular complexity index is 490. The number of sulfone groups is 1. The van der Waals surface area contributed by atoms with Crippen molar-refractivity contribution in [3.63, 3.8) is 0 Å². The van der Waals surface area contributed by atoms with Gasteiger partial charge in [0.15, 0.2) is 15.7 Å². The minimum Gasteiger partial charge on any atom is -0.331 e. The third kappa shape index (κ3) is 1.79. The van der Waals surface area contributed by atoms with Gasteiger partial charge < -0.3 is 4.52 Å². The zero-order chi connectivity index (χ0) is 11.1. The van der Waals surface area contributed by atoms with Crippen molar-refractivity contribution in [1.29, 1.82) is 0 Å². The van der Waals surface area contributed by atoms with E-state index in [0.717, 1.165) is 0 Å². The number of Topliss-reactive ketones (excluding diaryl/α,β-unsaturated/α-hetero) is 1. The average Bonchev–Trinajstić information content (AvgIpc) is 2.69. The number of carbonyl (C=O) groups excluding carboxylic acids is 1. The van der Waals surface area contributed by atoms with Crippen molar-refractivity contribution >= 4 is 15.6 Å². The van der Waals surface area contributed by atoms with Crippen LogP contribution >= 0.6 is 0 Å². The van der Waals surface area contributed by atoms with Gasteiger partial charge in [-0.15, -0.1) is 0 Å². The molecule has 1 fully saturated rings. The van der Waals surface area contributed by atoms with Crippen LogP contribution in [0.25, 0.3) is 0 Å². The number of nitrogens with zero attached hydrogens (tertiary/aromatic N) is 2. The predicted octanol–water partition coefficient (Wildman–Crippen LogP) is 0.522. The van der Waals surface area contributed by atoms with E-state index in [1.807, 2.05) is 0 Å². The molecule has 0 amide bonds. The highest BCUT2D eigenvalue weighted by atomic mass is 32.2. The Morgan fingerprint density at radius 1 is 1.53 bits per heavy atom. The van der Waals surface area contributed by atoms with Gasteiger partial charge in [-0.05, 0) is 12.8 Å². The lowest BCUT2D eigenvalue weighted by Crippen LogP contribution is -2.09. The van der Waals surface area contributed by atoms with Crippen LogP contribution in [0.4, 0.5) is 0 Å². The number of carbonyl (C=O) groups is 1. The topological polar surface area (TPSA) is 90.1 Å². The molecule has 82 valence electrons. The smallest absolute Gasteiger partial charge is 0.293 e. The third-order valence-corrected chi connectivity index (χ3v) is 4.53. The second kappa shape index (κ2) is 3.41. The quantitative estimate of drug-likeness (QED) is 0.688. The molecule has 6 nitrogen and oxygen atoms in total. The lowest BCUT2D eigenvalue weighted by Gasteiger charge is -2.01. The Balaban J connectivity index is 2.34. The van der Waals surface area contributed by atoms with Gasteiger partial charge in [0.1, 0.15) is 5.25 Å². The van der Waals surface area contributed by atoms with Crippen LogP contribution in [0.2, 0.25) is 0 Å². The van der Waals surface area contributed by atoms with E-state index < -0.39 is 15.1 Å². The first-order valence-electron chi connectivity index (χ1n) is 4.57. The summed E-state index contributed by atoms with van der Waals surface area (Å²) in [5.74, 6) is -0.226. The van der Waals surface area contributed by atoms with E-state index >= 15 is 0 Å². The summed E-state index contributed by atoms with van der Waals surface area (Å²) in [5.41, 5.74) is 0. The molecule has 0 bridgehead atoms. The van der Waals surface area contributed by atoms with Gasteiger partial charge in [-0.25, -0.2) is 8.42 Å². The van der Waals surface area contributed by atoms with E-state index in [0.29, 0.717) is 12.8 Å². The molecule has 7 heteroatoms. The molecular formula is C8H10N2O4S. The first kappa shape index (κ1) is 10.3. The molecular weight excluding hydrogens is 220 g/mol. The zero-order valence-corrected chi connectivity index (χ0v) is 8.95. The van der Waals surface area contributed by atoms with Gasteiger partial charge in [-0.3, -0.25) is 4.79 Å². The first-order chi connectivity index (χ1) is 7.00. The number of ketones is 1. The molecule has 1 aliphatic heterocycles. The van der Waals surface area contributed by atoms with Crippen LogP contribution in [0, 0.1) is 0 Å². The van der Waals surface area contributed by atoms with Crippen molar-refractivity contribution in [1.82, 2.24) is 10.1 Å². The molecule has 1 saturated heterocycles. The summed E-state index contributed by atoms with van der Waals surface area (Å²) < 4.78 is 27.7. The van der Waals surface area contributed by atoms with E-state index in [9.17, 15) is 13.2 Å². The molecule has 0 saturated carbocycles. The molecule has 0 N–H and O–H groups in total. The lowest BCUT2D eigenvalue weighted by molar-refractivity contribution is 0.0972. The van der Waals surface area contributed by atoms with Crippen LogP contribution in [-0.4, -0.2) is 30.1 Å². The molecule has 1 aromatic rings. The summed E-state index contributed by atoms with van der Waals surface area (Å²) in [6.07, 6.45) is 1.11. The maximum atomic E-state index is 11.5. The fourth-order valence-electron chi connectivity index (χ4n) is 1.59. The van der Waals surface area contributed by atoms with E-state index in [4.69, 9.17) is 0 Å². The molecule has 1 aromatic heterocycles. The molecule has 0 radical (unpaired) electrons. The van der Waals surface area contributed by atoms with Crippen molar-refractivity contribution in [2.24, 2.45) is 0 Å². The van der Waals surface area contributed by atoms with Gasteiger partial charge in [0.05, 0.1) is 5.75 Å². The fraction of sp³-hybridized carbons (Fsp3) is 0.625. The molecule has 1 aliphatic rings. The van der Waals surface area contributed by atoms with Crippen LogP contribution in [-0.2, 0) is 9.84 Å². The maximum Gasteiger partial charge on any atom is 0.293 e. The highest BCUT2D eigenvalue weighted by Gasteiger charge is 2.36. The van der Waals surface area contributed by atoms with Crippen LogP contribution in [0.3, 0.4) is 0 Å². The van der Waals surface area contributed by atoms with E-state index in [2.05, 4.69) is 14.7 Å². The first-order valence-corrected chi connectivity index (χ1v) is 6.28. The van der Waals surface area contributed by atoms with E-state index in [1.54, 1.807) is 0 Å². The molecule has 2 rings (SSSR count). The summed E-state index contributed by atoms with van der Waals surface area (Å²) in [4.78, 5) is 14.7. The Kier molecular flexibility index (Phi) is 2.34. The fourth-order valence-corrected chi connectivity index (χ4v) is 3.39. The highest BCUT2D eigenvalue weighted by Crippen LogP contribution is 2.32. The second-order valence-corrected chi connectivity index (χ2v) is 5.81. The standard InChI is InChI=1S/C8H10N2O4S/c1-5(11)8-9-7(10-14-8)6-3-2-4-15(6,12)13/h6H,2-4H2,1H3. The number of aromatic nitrogens is 2. The Morgan fingerprint density at radius 3 is 2.73 bits per heavy atom. The maximum absolute atomic E-state index is 11.5. The van der Waals surface area contributed by atoms with Gasteiger partial charge in [-0.2, -0.15) is 4.98 Å². The molecule has 1 unspecified atom stereocenters. The van der Waals surface area contributed by atoms with E-state index in [-0.39, 0.29) is 23.3 Å². The van der Waals surface area contributed by atoms with Gasteiger partial charge in [0.25, 0.3) is 5.89 Å². The molecule has 15 heavy (non-hydrogen) atoms. The van der Waals surface area contributed by atoms with Gasteiger partial charge in [0, 0.05) is 6.92 Å². The Hall–Kier alpha value is -1.24. The summed E-state index contributed by atoms with van der Waals surface area (Å²) in [6, 6.07) is 0. The molecule has 0 spiro atoms. The number of rotatable bonds is 2. The number of hydrogen-bond donors (Lipinski definition) is 0. The molecule has 2 heterocycles. The van der Waals surface area contributed by atoms with Gasteiger partial charge in [0.2, 0.25) is 5.78 Å². The molecule has 0 aliphatic carbocycles. The largest absolute Gasteiger partial charge is 0.331 e. The normalized spacial score (nSPS) is 24.2. The zero-order valence-electron chi connectivity index (χ0n) is 8.13. The van der Waals surface area contributed by atoms with Crippen molar-refractivity contribution in [2.75, 3.05) is 5.75 Å². The highest BCUT2D eigenvalue weighted by molar-refractivity contribution is 7.91. The summed E-state index contributed by atoms with van der Waals surface area (Å²) >= 11 is 0. The van der Waals surface area contributed by atoms with Crippen molar-refractivity contribution in [3.8, 4) is 0 Å². The Morgan fingerprint density at radius 2 is 2.27 bits per heavy atom. The predicted molar refractivity (Wildman–Crippen MR) is 50.1 cm³/mol. The van der Waals surface area contributed by atoms with Crippen LogP contribution in [0.5, 0.6) is 0 Å². The van der Waals surface area contributed by atoms with Gasteiger partial charge in [-0.1, -0.05) is 5.16 Å². The second-order valence-electron chi connectivity index (χ2n) is 3.51. The van der Waals surface area contributed by atoms with Crippen molar-refractivity contribution in [2.45, 2.75) is 25.0 Å². The minimum atomic E-state index is -3.15. The van der Waals surface area contributed by atoms with Crippen LogP contribution < -0.4 is 0 Å². The third-order valence-electron chi connectivity index (χ3n) is 2.36. The lowest BCUT2D eigenvalue weighted by atomic mass is 10.2. The van der Waals surface area contributed by atoms with Gasteiger partial charge >= 0.3 is 0 Å². The van der Waals surface area contributed by atoms with Crippen molar-refractivity contribution < 1.29 is 17.7 Å². The monoisotopic (exact) mass is 230 g/mol. The molecule has 1 atom stereocenters.